The third-order valence-electron chi connectivity index (χ3n) is 5.38. The van der Waals surface area contributed by atoms with Gasteiger partial charge in [0.25, 0.3) is 11.8 Å². The first kappa shape index (κ1) is 27.8. The van der Waals surface area contributed by atoms with Crippen molar-refractivity contribution in [1.82, 2.24) is 15.0 Å². The van der Waals surface area contributed by atoms with Gasteiger partial charge in [-0.25, -0.2) is 8.78 Å². The van der Waals surface area contributed by atoms with Crippen LogP contribution < -0.4 is 4.74 Å². The highest BCUT2D eigenvalue weighted by Crippen LogP contribution is 2.33. The summed E-state index contributed by atoms with van der Waals surface area (Å²) in [5, 5.41) is 13.0. The van der Waals surface area contributed by atoms with Gasteiger partial charge in [0.05, 0.1) is 6.54 Å². The number of hydrogen-bond acceptors (Lipinski definition) is 9. The summed E-state index contributed by atoms with van der Waals surface area (Å²) in [7, 11) is 1.45. The normalized spacial score (nSPS) is 11.0. The molecule has 0 aliphatic rings. The number of methoxy groups -OCH3 is 1. The van der Waals surface area contributed by atoms with Crippen molar-refractivity contribution >= 4 is 23.6 Å². The van der Waals surface area contributed by atoms with Gasteiger partial charge in [-0.15, -0.1) is 11.8 Å². The topological polar surface area (TPSA) is 128 Å². The first-order chi connectivity index (χ1) is 18.8. The number of carbonyl (C=O) groups excluding carboxylic acids is 1. The lowest BCUT2D eigenvalue weighted by Gasteiger charge is -2.17. The highest BCUT2D eigenvalue weighted by molar-refractivity contribution is 7.98. The van der Waals surface area contributed by atoms with Crippen molar-refractivity contribution < 1.29 is 41.9 Å². The molecule has 0 saturated heterocycles. The van der Waals surface area contributed by atoms with E-state index in [9.17, 15) is 23.5 Å². The van der Waals surface area contributed by atoms with E-state index >= 15 is 0 Å². The Morgan fingerprint density at radius 1 is 1.08 bits per heavy atom. The molecule has 204 valence electrons. The van der Waals surface area contributed by atoms with Crippen LogP contribution in [0.15, 0.2) is 62.4 Å². The van der Waals surface area contributed by atoms with E-state index in [1.165, 1.54) is 31.0 Å². The summed E-state index contributed by atoms with van der Waals surface area (Å²) < 4.78 is 48.6. The molecule has 0 saturated carbocycles. The van der Waals surface area contributed by atoms with Gasteiger partial charge in [0.2, 0.25) is 0 Å². The van der Waals surface area contributed by atoms with Gasteiger partial charge < -0.3 is 28.4 Å². The molecule has 4 aromatic rings. The molecule has 1 N–H and O–H groups in total. The lowest BCUT2D eigenvalue weighted by molar-refractivity contribution is -0.137. The molecule has 13 heteroatoms. The summed E-state index contributed by atoms with van der Waals surface area (Å²) in [6.45, 7) is -0.763. The highest BCUT2D eigenvalue weighted by atomic mass is 32.2. The van der Waals surface area contributed by atoms with Crippen LogP contribution in [0.2, 0.25) is 0 Å². The van der Waals surface area contributed by atoms with Gasteiger partial charge in [0.15, 0.2) is 23.2 Å². The Kier molecular flexibility index (Phi) is 8.94. The number of furan rings is 1. The van der Waals surface area contributed by atoms with Crippen LogP contribution in [0.3, 0.4) is 0 Å². The number of thioether (sulfide) groups is 1. The number of halogens is 2. The third kappa shape index (κ3) is 7.00. The van der Waals surface area contributed by atoms with Crippen molar-refractivity contribution in [1.29, 1.82) is 0 Å². The number of aromatic nitrogens is 2. The highest BCUT2D eigenvalue weighted by Gasteiger charge is 2.24. The fraction of sp³-hybridized carbons (Fsp3) is 0.231. The molecule has 0 spiro atoms. The zero-order valence-electron chi connectivity index (χ0n) is 20.8. The van der Waals surface area contributed by atoms with Crippen molar-refractivity contribution in [2.45, 2.75) is 24.7 Å². The van der Waals surface area contributed by atoms with Crippen LogP contribution in [0.4, 0.5) is 8.78 Å². The number of rotatable bonds is 12. The number of ether oxygens (including phenoxy) is 2. The summed E-state index contributed by atoms with van der Waals surface area (Å²) in [6.07, 6.45) is 1.78. The number of amides is 1. The number of nitrogens with zero attached hydrogens (tertiary/aromatic N) is 3. The maximum Gasteiger partial charge on any atom is 0.323 e. The van der Waals surface area contributed by atoms with E-state index in [1.54, 1.807) is 30.5 Å². The SMILES string of the molecule is COCc1nc(CN(CC(=O)O)C(=O)c2ccc(COc3ccc(-c4cc(F)c(F)cc4SC)cc3)o2)no1. The van der Waals surface area contributed by atoms with Crippen molar-refractivity contribution in [3.05, 3.63) is 83.4 Å². The fourth-order valence-electron chi connectivity index (χ4n) is 3.60. The van der Waals surface area contributed by atoms with Crippen molar-refractivity contribution in [3.8, 4) is 16.9 Å². The van der Waals surface area contributed by atoms with Gasteiger partial charge in [0, 0.05) is 12.0 Å². The van der Waals surface area contributed by atoms with Crippen LogP contribution in [0.5, 0.6) is 5.75 Å². The van der Waals surface area contributed by atoms with E-state index in [0.29, 0.717) is 27.5 Å². The molecule has 0 bridgehead atoms. The molecule has 0 atom stereocenters. The Morgan fingerprint density at radius 3 is 2.51 bits per heavy atom. The molecule has 1 amide bonds. The van der Waals surface area contributed by atoms with Crippen molar-refractivity contribution in [2.24, 2.45) is 0 Å². The van der Waals surface area contributed by atoms with Crippen LogP contribution in [0.25, 0.3) is 11.1 Å². The van der Waals surface area contributed by atoms with Crippen molar-refractivity contribution in [2.75, 3.05) is 19.9 Å². The van der Waals surface area contributed by atoms with Gasteiger partial charge in [0.1, 0.15) is 31.3 Å². The Morgan fingerprint density at radius 2 is 1.82 bits per heavy atom. The van der Waals surface area contributed by atoms with E-state index in [1.807, 2.05) is 0 Å². The minimum absolute atomic E-state index is 0.0159. The first-order valence-corrected chi connectivity index (χ1v) is 12.7. The quantitative estimate of drug-likeness (QED) is 0.242. The van der Waals surface area contributed by atoms with Gasteiger partial charge in [-0.3, -0.25) is 9.59 Å². The van der Waals surface area contributed by atoms with Gasteiger partial charge >= 0.3 is 5.97 Å². The fourth-order valence-corrected chi connectivity index (χ4v) is 4.22. The maximum absolute atomic E-state index is 13.8. The van der Waals surface area contributed by atoms with Gasteiger partial charge in [-0.05, 0) is 53.8 Å². The third-order valence-corrected chi connectivity index (χ3v) is 6.16. The largest absolute Gasteiger partial charge is 0.486 e. The van der Waals surface area contributed by atoms with Crippen molar-refractivity contribution in [3.63, 3.8) is 0 Å². The monoisotopic (exact) mass is 559 g/mol. The molecule has 4 rings (SSSR count). The maximum atomic E-state index is 13.8. The molecule has 2 aromatic heterocycles. The molecule has 0 radical (unpaired) electrons. The molecular weight excluding hydrogens is 536 g/mol. The van der Waals surface area contributed by atoms with E-state index in [4.69, 9.17) is 18.4 Å². The second-order valence-electron chi connectivity index (χ2n) is 8.14. The lowest BCUT2D eigenvalue weighted by atomic mass is 10.1. The molecule has 10 nitrogen and oxygen atoms in total. The molecule has 2 aromatic carbocycles. The Hall–Kier alpha value is -4.23. The summed E-state index contributed by atoms with van der Waals surface area (Å²) >= 11 is 1.31. The summed E-state index contributed by atoms with van der Waals surface area (Å²) in [5.74, 6) is -2.72. The van der Waals surface area contributed by atoms with Crippen LogP contribution in [-0.2, 0) is 29.3 Å². The van der Waals surface area contributed by atoms with E-state index in [0.717, 1.165) is 17.0 Å². The summed E-state index contributed by atoms with van der Waals surface area (Å²) in [5.41, 5.74) is 1.25. The predicted octanol–water partition coefficient (Wildman–Crippen LogP) is 4.78. The van der Waals surface area contributed by atoms with E-state index < -0.39 is 30.1 Å². The number of carboxylic acid groups (broad SMARTS) is 1. The standard InChI is InChI=1S/C26H23F2N3O7S/c1-35-14-24-29-23(30-38-24)11-31(12-25(32)33)26(34)21-8-7-17(37-21)13-36-16-5-3-15(4-6-16)18-9-19(27)20(28)10-22(18)39-2/h3-10H,11-14H2,1-2H3,(H,32,33). The minimum atomic E-state index is -1.23. The van der Waals surface area contributed by atoms with E-state index in [2.05, 4.69) is 10.1 Å². The Balaban J connectivity index is 1.40. The van der Waals surface area contributed by atoms with Gasteiger partial charge in [-0.1, -0.05) is 17.3 Å². The van der Waals surface area contributed by atoms with Crippen LogP contribution in [0.1, 0.15) is 28.0 Å². The average Bonchev–Trinajstić information content (AvgIpc) is 3.58. The number of aliphatic carboxylic acids is 1. The molecule has 0 aliphatic heterocycles. The summed E-state index contributed by atoms with van der Waals surface area (Å²) in [6, 6.07) is 12.1. The molecule has 0 fully saturated rings. The number of carbonyl (C=O) groups is 2. The zero-order valence-corrected chi connectivity index (χ0v) is 21.7. The molecule has 0 unspecified atom stereocenters. The van der Waals surface area contributed by atoms with E-state index in [-0.39, 0.29) is 37.2 Å². The Bertz CT molecular complexity index is 1460. The predicted molar refractivity (Wildman–Crippen MR) is 134 cm³/mol. The first-order valence-electron chi connectivity index (χ1n) is 11.4. The minimum Gasteiger partial charge on any atom is -0.486 e. The smallest absolute Gasteiger partial charge is 0.323 e. The molecular formula is C26H23F2N3O7S. The number of carboxylic acids is 1. The number of benzene rings is 2. The summed E-state index contributed by atoms with van der Waals surface area (Å²) in [4.78, 5) is 29.9. The molecule has 0 aliphatic carbocycles. The average molecular weight is 560 g/mol. The lowest BCUT2D eigenvalue weighted by Crippen LogP contribution is -2.35. The second kappa shape index (κ2) is 12.5. The zero-order chi connectivity index (χ0) is 27.9. The van der Waals surface area contributed by atoms with Gasteiger partial charge in [-0.2, -0.15) is 4.98 Å². The Labute approximate surface area is 225 Å². The second-order valence-corrected chi connectivity index (χ2v) is 8.99. The van der Waals surface area contributed by atoms with Crippen LogP contribution >= 0.6 is 11.8 Å². The molecule has 39 heavy (non-hydrogen) atoms. The van der Waals surface area contributed by atoms with Crippen LogP contribution in [-0.4, -0.2) is 51.9 Å². The van der Waals surface area contributed by atoms with Crippen LogP contribution in [0, 0.1) is 11.6 Å². The number of hydrogen-bond donors (Lipinski definition) is 1. The molecule has 2 heterocycles.